The van der Waals surface area contributed by atoms with Crippen molar-refractivity contribution in [2.24, 2.45) is 5.92 Å². The lowest BCUT2D eigenvalue weighted by molar-refractivity contribution is 0.0606. The van der Waals surface area contributed by atoms with Crippen molar-refractivity contribution < 1.29 is 9.53 Å². The number of thiazole rings is 1. The van der Waals surface area contributed by atoms with Crippen molar-refractivity contribution in [1.29, 1.82) is 0 Å². The monoisotopic (exact) mass is 226 g/mol. The van der Waals surface area contributed by atoms with Gasteiger partial charge in [0.25, 0.3) is 0 Å². The standard InChI is InChI=1S/C10H14N2O2S/c1-14-10(13)8-6-12-9(15-8)4-7-2-3-11-5-7/h6-7,11H,2-5H2,1H3/t7-/m0/s1. The number of carbonyl (C=O) groups is 1. The fourth-order valence-electron chi connectivity index (χ4n) is 1.74. The van der Waals surface area contributed by atoms with Gasteiger partial charge in [0.2, 0.25) is 0 Å². The van der Waals surface area contributed by atoms with E-state index in [0.717, 1.165) is 24.5 Å². The molecule has 2 heterocycles. The highest BCUT2D eigenvalue weighted by Crippen LogP contribution is 2.20. The van der Waals surface area contributed by atoms with Crippen molar-refractivity contribution in [3.63, 3.8) is 0 Å². The minimum atomic E-state index is -0.289. The normalized spacial score (nSPS) is 20.5. The maximum absolute atomic E-state index is 11.2. The minimum Gasteiger partial charge on any atom is -0.465 e. The first-order chi connectivity index (χ1) is 7.29. The molecule has 82 valence electrons. The first-order valence-electron chi connectivity index (χ1n) is 5.03. The molecule has 1 N–H and O–H groups in total. The second-order valence-electron chi connectivity index (χ2n) is 3.67. The van der Waals surface area contributed by atoms with Gasteiger partial charge in [-0.1, -0.05) is 0 Å². The lowest BCUT2D eigenvalue weighted by Crippen LogP contribution is -2.10. The summed E-state index contributed by atoms with van der Waals surface area (Å²) in [6, 6.07) is 0. The number of nitrogens with zero attached hydrogens (tertiary/aromatic N) is 1. The maximum atomic E-state index is 11.2. The molecule has 1 aromatic heterocycles. The third kappa shape index (κ3) is 2.54. The molecule has 1 aliphatic heterocycles. The second kappa shape index (κ2) is 4.72. The largest absolute Gasteiger partial charge is 0.465 e. The van der Waals surface area contributed by atoms with E-state index in [9.17, 15) is 4.79 Å². The van der Waals surface area contributed by atoms with E-state index in [2.05, 4.69) is 15.0 Å². The van der Waals surface area contributed by atoms with Gasteiger partial charge in [-0.15, -0.1) is 11.3 Å². The number of esters is 1. The van der Waals surface area contributed by atoms with Crippen molar-refractivity contribution in [3.05, 3.63) is 16.1 Å². The molecule has 0 saturated carbocycles. The summed E-state index contributed by atoms with van der Waals surface area (Å²) in [4.78, 5) is 16.0. The van der Waals surface area contributed by atoms with Crippen LogP contribution in [0.5, 0.6) is 0 Å². The Bertz CT molecular complexity index is 345. The Morgan fingerprint density at radius 3 is 3.33 bits per heavy atom. The van der Waals surface area contributed by atoms with Crippen molar-refractivity contribution in [2.45, 2.75) is 12.8 Å². The van der Waals surface area contributed by atoms with Gasteiger partial charge in [0.05, 0.1) is 18.3 Å². The molecule has 1 fully saturated rings. The molecule has 0 bridgehead atoms. The summed E-state index contributed by atoms with van der Waals surface area (Å²) >= 11 is 1.44. The molecule has 0 aromatic carbocycles. The van der Waals surface area contributed by atoms with Crippen LogP contribution in [-0.2, 0) is 11.2 Å². The number of methoxy groups -OCH3 is 1. The smallest absolute Gasteiger partial charge is 0.349 e. The highest BCUT2D eigenvalue weighted by Gasteiger charge is 2.18. The zero-order valence-electron chi connectivity index (χ0n) is 8.66. The van der Waals surface area contributed by atoms with Crippen LogP contribution in [0.1, 0.15) is 21.1 Å². The second-order valence-corrected chi connectivity index (χ2v) is 4.79. The molecular weight excluding hydrogens is 212 g/mol. The van der Waals surface area contributed by atoms with Crippen molar-refractivity contribution in [3.8, 4) is 0 Å². The minimum absolute atomic E-state index is 0.289. The summed E-state index contributed by atoms with van der Waals surface area (Å²) in [6.07, 6.45) is 3.77. The third-order valence-corrected chi connectivity index (χ3v) is 3.57. The van der Waals surface area contributed by atoms with E-state index < -0.39 is 0 Å². The zero-order chi connectivity index (χ0) is 10.7. The average Bonchev–Trinajstić information content (AvgIpc) is 2.88. The first kappa shape index (κ1) is 10.6. The van der Waals surface area contributed by atoms with Crippen molar-refractivity contribution in [2.75, 3.05) is 20.2 Å². The number of ether oxygens (including phenoxy) is 1. The molecule has 0 aliphatic carbocycles. The Morgan fingerprint density at radius 2 is 2.67 bits per heavy atom. The Labute approximate surface area is 92.7 Å². The van der Waals surface area contributed by atoms with Gasteiger partial charge in [-0.05, 0) is 25.4 Å². The fourth-order valence-corrected chi connectivity index (χ4v) is 2.69. The average molecular weight is 226 g/mol. The highest BCUT2D eigenvalue weighted by atomic mass is 32.1. The van der Waals surface area contributed by atoms with Gasteiger partial charge in [-0.3, -0.25) is 0 Å². The number of hydrogen-bond acceptors (Lipinski definition) is 5. The van der Waals surface area contributed by atoms with Gasteiger partial charge < -0.3 is 10.1 Å². The van der Waals surface area contributed by atoms with Crippen LogP contribution in [0.25, 0.3) is 0 Å². The Hall–Kier alpha value is -0.940. The van der Waals surface area contributed by atoms with E-state index in [4.69, 9.17) is 0 Å². The number of carbonyl (C=O) groups excluding carboxylic acids is 1. The third-order valence-electron chi connectivity index (χ3n) is 2.57. The first-order valence-corrected chi connectivity index (χ1v) is 5.85. The van der Waals surface area contributed by atoms with Crippen LogP contribution in [0, 0.1) is 5.92 Å². The Morgan fingerprint density at radius 1 is 1.80 bits per heavy atom. The van der Waals surface area contributed by atoms with E-state index in [1.54, 1.807) is 6.20 Å². The van der Waals surface area contributed by atoms with Gasteiger partial charge >= 0.3 is 5.97 Å². The molecule has 0 radical (unpaired) electrons. The molecule has 1 atom stereocenters. The lowest BCUT2D eigenvalue weighted by Gasteiger charge is -2.03. The fraction of sp³-hybridized carbons (Fsp3) is 0.600. The van der Waals surface area contributed by atoms with Crippen LogP contribution in [-0.4, -0.2) is 31.2 Å². The zero-order valence-corrected chi connectivity index (χ0v) is 9.47. The van der Waals surface area contributed by atoms with Crippen LogP contribution in [0.3, 0.4) is 0 Å². The highest BCUT2D eigenvalue weighted by molar-refractivity contribution is 7.13. The molecular formula is C10H14N2O2S. The summed E-state index contributed by atoms with van der Waals surface area (Å²) in [5.74, 6) is 0.380. The molecule has 1 saturated heterocycles. The van der Waals surface area contributed by atoms with Gasteiger partial charge in [0.15, 0.2) is 0 Å². The van der Waals surface area contributed by atoms with Crippen LogP contribution < -0.4 is 5.32 Å². The van der Waals surface area contributed by atoms with Crippen molar-refractivity contribution >= 4 is 17.3 Å². The molecule has 4 nitrogen and oxygen atoms in total. The van der Waals surface area contributed by atoms with E-state index in [-0.39, 0.29) is 5.97 Å². The predicted octanol–water partition coefficient (Wildman–Crippen LogP) is 1.08. The topological polar surface area (TPSA) is 51.2 Å². The number of rotatable bonds is 3. The summed E-state index contributed by atoms with van der Waals surface area (Å²) in [6.45, 7) is 2.16. The SMILES string of the molecule is COC(=O)c1cnc(C[C@@H]2CCNC2)s1. The molecule has 15 heavy (non-hydrogen) atoms. The van der Waals surface area contributed by atoms with Crippen LogP contribution in [0.4, 0.5) is 0 Å². The predicted molar refractivity (Wildman–Crippen MR) is 58.1 cm³/mol. The number of nitrogens with one attached hydrogen (secondary N) is 1. The summed E-state index contributed by atoms with van der Waals surface area (Å²) in [7, 11) is 1.39. The van der Waals surface area contributed by atoms with Crippen LogP contribution in [0.15, 0.2) is 6.20 Å². The van der Waals surface area contributed by atoms with Gasteiger partial charge in [-0.25, -0.2) is 9.78 Å². The quantitative estimate of drug-likeness (QED) is 0.784. The van der Waals surface area contributed by atoms with E-state index in [1.165, 1.54) is 24.9 Å². The van der Waals surface area contributed by atoms with Crippen LogP contribution >= 0.6 is 11.3 Å². The summed E-state index contributed by atoms with van der Waals surface area (Å²) in [5.41, 5.74) is 0. The maximum Gasteiger partial charge on any atom is 0.349 e. The summed E-state index contributed by atoms with van der Waals surface area (Å²) in [5, 5.41) is 4.35. The van der Waals surface area contributed by atoms with E-state index in [0.29, 0.717) is 10.8 Å². The molecule has 1 aromatic rings. The number of hydrogen-bond donors (Lipinski definition) is 1. The van der Waals surface area contributed by atoms with Gasteiger partial charge in [0.1, 0.15) is 4.88 Å². The molecule has 0 spiro atoms. The van der Waals surface area contributed by atoms with E-state index in [1.807, 2.05) is 0 Å². The Balaban J connectivity index is 1.97. The summed E-state index contributed by atoms with van der Waals surface area (Å²) < 4.78 is 4.64. The number of aromatic nitrogens is 1. The van der Waals surface area contributed by atoms with Gasteiger partial charge in [-0.2, -0.15) is 0 Å². The molecule has 0 amide bonds. The van der Waals surface area contributed by atoms with Crippen molar-refractivity contribution in [1.82, 2.24) is 10.3 Å². The lowest BCUT2D eigenvalue weighted by atomic mass is 10.1. The van der Waals surface area contributed by atoms with Crippen LogP contribution in [0.2, 0.25) is 0 Å². The van der Waals surface area contributed by atoms with E-state index >= 15 is 0 Å². The van der Waals surface area contributed by atoms with Gasteiger partial charge in [0, 0.05) is 6.42 Å². The Kier molecular flexibility index (Phi) is 3.33. The molecule has 1 aliphatic rings. The molecule has 5 heteroatoms. The molecule has 2 rings (SSSR count). The molecule has 0 unspecified atom stereocenters.